The molecular weight excluding hydrogens is 258 g/mol. The lowest BCUT2D eigenvalue weighted by Crippen LogP contribution is -2.57. The summed E-state index contributed by atoms with van der Waals surface area (Å²) in [5.41, 5.74) is -0.0700. The minimum absolute atomic E-state index is 0.266. The minimum atomic E-state index is -0.909. The fourth-order valence-corrected chi connectivity index (χ4v) is 3.97. The van der Waals surface area contributed by atoms with E-state index in [1.54, 1.807) is 6.26 Å². The van der Waals surface area contributed by atoms with Crippen molar-refractivity contribution < 1.29 is 19.0 Å². The lowest BCUT2D eigenvalue weighted by Gasteiger charge is -2.49. The lowest BCUT2D eigenvalue weighted by atomic mass is 9.73. The summed E-state index contributed by atoms with van der Waals surface area (Å²) in [7, 11) is 0. The van der Waals surface area contributed by atoms with E-state index in [0.29, 0.717) is 25.5 Å². The highest BCUT2D eigenvalue weighted by Crippen LogP contribution is 2.46. The van der Waals surface area contributed by atoms with Crippen LogP contribution in [0.3, 0.4) is 0 Å². The van der Waals surface area contributed by atoms with Crippen molar-refractivity contribution in [3.8, 4) is 0 Å². The number of nitrogens with zero attached hydrogens (tertiary/aromatic N) is 1. The maximum absolute atomic E-state index is 11.2. The highest BCUT2D eigenvalue weighted by molar-refractivity contribution is 5.30. The molecule has 2 bridgehead atoms. The van der Waals surface area contributed by atoms with Gasteiger partial charge in [-0.2, -0.15) is 0 Å². The van der Waals surface area contributed by atoms with E-state index in [0.717, 1.165) is 31.5 Å². The van der Waals surface area contributed by atoms with E-state index in [1.165, 1.54) is 0 Å². The molecule has 0 aromatic carbocycles. The molecule has 0 aliphatic carbocycles. The van der Waals surface area contributed by atoms with Gasteiger partial charge in [-0.1, -0.05) is 0 Å². The van der Waals surface area contributed by atoms with Crippen LogP contribution in [0.2, 0.25) is 0 Å². The third-order valence-corrected chi connectivity index (χ3v) is 5.11. The van der Waals surface area contributed by atoms with Crippen LogP contribution in [0, 0.1) is 5.92 Å². The third kappa shape index (κ3) is 1.70. The van der Waals surface area contributed by atoms with Crippen LogP contribution in [-0.4, -0.2) is 42.9 Å². The highest BCUT2D eigenvalue weighted by atomic mass is 16.7. The van der Waals surface area contributed by atoms with Gasteiger partial charge in [0.2, 0.25) is 0 Å². The molecule has 4 aliphatic heterocycles. The van der Waals surface area contributed by atoms with Crippen LogP contribution < -0.4 is 0 Å². The second-order valence-electron chi connectivity index (χ2n) is 6.28. The Morgan fingerprint density at radius 3 is 2.55 bits per heavy atom. The fourth-order valence-electron chi connectivity index (χ4n) is 3.97. The summed E-state index contributed by atoms with van der Waals surface area (Å²) < 4.78 is 17.2. The molecular formula is C15H21NO4. The van der Waals surface area contributed by atoms with E-state index in [1.807, 2.05) is 13.0 Å². The average Bonchev–Trinajstić information content (AvgIpc) is 3.09. The topological polar surface area (TPSA) is 55.1 Å². The fraction of sp³-hybridized carbons (Fsp3) is 0.733. The zero-order valence-electron chi connectivity index (χ0n) is 11.8. The number of hydrogen-bond acceptors (Lipinski definition) is 5. The van der Waals surface area contributed by atoms with E-state index in [9.17, 15) is 5.11 Å². The second-order valence-corrected chi connectivity index (χ2v) is 6.28. The molecule has 1 atom stereocenters. The Morgan fingerprint density at radius 2 is 1.95 bits per heavy atom. The predicted molar refractivity (Wildman–Crippen MR) is 71.0 cm³/mol. The summed E-state index contributed by atoms with van der Waals surface area (Å²) >= 11 is 0. The predicted octanol–water partition coefficient (Wildman–Crippen LogP) is 1.41. The average molecular weight is 279 g/mol. The van der Waals surface area contributed by atoms with Gasteiger partial charge in [-0.25, -0.2) is 0 Å². The van der Waals surface area contributed by atoms with E-state index in [-0.39, 0.29) is 5.92 Å². The zero-order chi connectivity index (χ0) is 13.8. The molecule has 1 N–H and O–H groups in total. The van der Waals surface area contributed by atoms with Crippen molar-refractivity contribution >= 4 is 0 Å². The molecule has 5 heterocycles. The van der Waals surface area contributed by atoms with Gasteiger partial charge >= 0.3 is 0 Å². The van der Waals surface area contributed by atoms with Crippen molar-refractivity contribution in [3.05, 3.63) is 23.7 Å². The van der Waals surface area contributed by atoms with Crippen LogP contribution in [0.15, 0.2) is 16.7 Å². The van der Waals surface area contributed by atoms with Crippen molar-refractivity contribution in [1.29, 1.82) is 0 Å². The third-order valence-electron chi connectivity index (χ3n) is 5.11. The van der Waals surface area contributed by atoms with Crippen molar-refractivity contribution in [2.45, 2.75) is 31.2 Å². The Kier molecular flexibility index (Phi) is 2.76. The number of ether oxygens (including phenoxy) is 2. The van der Waals surface area contributed by atoms with Gasteiger partial charge in [-0.3, -0.25) is 4.90 Å². The molecule has 1 unspecified atom stereocenters. The first kappa shape index (κ1) is 12.8. The van der Waals surface area contributed by atoms with Gasteiger partial charge in [0.05, 0.1) is 25.0 Å². The molecule has 5 nitrogen and oxygen atoms in total. The summed E-state index contributed by atoms with van der Waals surface area (Å²) in [4.78, 5) is 2.31. The van der Waals surface area contributed by atoms with Crippen molar-refractivity contribution in [1.82, 2.24) is 4.90 Å². The Bertz CT molecular complexity index is 500. The van der Waals surface area contributed by atoms with Gasteiger partial charge in [0.15, 0.2) is 5.79 Å². The number of fused-ring (bicyclic) bond motifs is 3. The summed E-state index contributed by atoms with van der Waals surface area (Å²) in [6.45, 7) is 5.86. The molecule has 110 valence electrons. The number of furan rings is 1. The SMILES string of the molecule is CC1(c2ccoc2C2(O)CN3CCC2CC3)OCCO1. The highest BCUT2D eigenvalue weighted by Gasteiger charge is 2.52. The summed E-state index contributed by atoms with van der Waals surface area (Å²) in [5.74, 6) is 0.114. The first-order chi connectivity index (χ1) is 9.62. The lowest BCUT2D eigenvalue weighted by molar-refractivity contribution is -0.162. The quantitative estimate of drug-likeness (QED) is 0.887. The van der Waals surface area contributed by atoms with Gasteiger partial charge in [0, 0.05) is 6.54 Å². The van der Waals surface area contributed by atoms with Gasteiger partial charge in [-0.05, 0) is 44.8 Å². The van der Waals surface area contributed by atoms with E-state index in [2.05, 4.69) is 4.90 Å². The van der Waals surface area contributed by atoms with Crippen molar-refractivity contribution in [3.63, 3.8) is 0 Å². The van der Waals surface area contributed by atoms with Crippen molar-refractivity contribution in [2.24, 2.45) is 5.92 Å². The van der Waals surface area contributed by atoms with E-state index in [4.69, 9.17) is 13.9 Å². The molecule has 5 rings (SSSR count). The molecule has 20 heavy (non-hydrogen) atoms. The summed E-state index contributed by atoms with van der Waals surface area (Å²) in [6.07, 6.45) is 3.68. The van der Waals surface area contributed by atoms with Crippen LogP contribution in [0.4, 0.5) is 0 Å². The van der Waals surface area contributed by atoms with Gasteiger partial charge < -0.3 is 19.0 Å². The molecule has 4 saturated heterocycles. The Labute approximate surface area is 118 Å². The molecule has 0 radical (unpaired) electrons. The Balaban J connectivity index is 1.74. The van der Waals surface area contributed by atoms with Crippen LogP contribution >= 0.6 is 0 Å². The molecule has 5 heteroatoms. The van der Waals surface area contributed by atoms with Gasteiger partial charge in [0.25, 0.3) is 0 Å². The maximum Gasteiger partial charge on any atom is 0.195 e. The van der Waals surface area contributed by atoms with Crippen LogP contribution in [0.25, 0.3) is 0 Å². The smallest absolute Gasteiger partial charge is 0.195 e. The first-order valence-corrected chi connectivity index (χ1v) is 7.43. The minimum Gasteiger partial charge on any atom is -0.466 e. The Hall–Kier alpha value is -0.880. The van der Waals surface area contributed by atoms with Crippen LogP contribution in [-0.2, 0) is 20.9 Å². The summed E-state index contributed by atoms with van der Waals surface area (Å²) in [6, 6.07) is 1.87. The van der Waals surface area contributed by atoms with E-state index < -0.39 is 11.4 Å². The number of hydrogen-bond donors (Lipinski definition) is 1. The van der Waals surface area contributed by atoms with Gasteiger partial charge in [0.1, 0.15) is 11.4 Å². The number of rotatable bonds is 2. The van der Waals surface area contributed by atoms with Crippen molar-refractivity contribution in [2.75, 3.05) is 32.8 Å². The summed E-state index contributed by atoms with van der Waals surface area (Å²) in [5, 5.41) is 11.2. The number of piperidine rings is 3. The molecule has 0 amide bonds. The van der Waals surface area contributed by atoms with Crippen LogP contribution in [0.5, 0.6) is 0 Å². The second kappa shape index (κ2) is 4.31. The van der Waals surface area contributed by atoms with Crippen LogP contribution in [0.1, 0.15) is 31.1 Å². The largest absolute Gasteiger partial charge is 0.466 e. The Morgan fingerprint density at radius 1 is 1.25 bits per heavy atom. The first-order valence-electron chi connectivity index (χ1n) is 7.43. The van der Waals surface area contributed by atoms with Gasteiger partial charge in [-0.15, -0.1) is 0 Å². The maximum atomic E-state index is 11.2. The number of aliphatic hydroxyl groups is 1. The molecule has 1 aromatic heterocycles. The standard InChI is InChI=1S/C15H21NO4/c1-14(19-8-9-20-14)12-4-7-18-13(12)15(17)10-16-5-2-11(15)3-6-16/h4,7,11,17H,2-3,5-6,8-10H2,1H3. The zero-order valence-corrected chi connectivity index (χ0v) is 11.8. The molecule has 4 aliphatic rings. The molecule has 0 saturated carbocycles. The molecule has 1 aromatic rings. The monoisotopic (exact) mass is 279 g/mol. The van der Waals surface area contributed by atoms with E-state index >= 15 is 0 Å². The molecule has 4 fully saturated rings. The normalized spacial score (nSPS) is 39.3. The molecule has 0 spiro atoms.